The van der Waals surface area contributed by atoms with Crippen LogP contribution in [0.15, 0.2) is 52.3 Å². The molecule has 0 radical (unpaired) electrons. The summed E-state index contributed by atoms with van der Waals surface area (Å²) in [4.78, 5) is 17.6. The van der Waals surface area contributed by atoms with E-state index in [4.69, 9.17) is 0 Å². The molecule has 1 aromatic heterocycles. The van der Waals surface area contributed by atoms with Gasteiger partial charge in [0, 0.05) is 33.1 Å². The molecule has 0 unspecified atom stereocenters. The Morgan fingerprint density at radius 1 is 1.03 bits per heavy atom. The van der Waals surface area contributed by atoms with E-state index in [9.17, 15) is 21.6 Å². The Morgan fingerprint density at radius 2 is 1.65 bits per heavy atom. The van der Waals surface area contributed by atoms with Crippen molar-refractivity contribution in [2.24, 2.45) is 5.92 Å². The number of benzene rings is 2. The van der Waals surface area contributed by atoms with Crippen molar-refractivity contribution in [3.8, 4) is 0 Å². The number of aryl methyl sites for hydroxylation is 1. The minimum absolute atomic E-state index is 0.161. The Balaban J connectivity index is 1.41. The van der Waals surface area contributed by atoms with Gasteiger partial charge in [-0.05, 0) is 50.1 Å². The number of fused-ring (bicyclic) bond motifs is 1. The molecule has 1 aliphatic heterocycles. The normalized spacial score (nSPS) is 16.2. The summed E-state index contributed by atoms with van der Waals surface area (Å²) in [5.41, 5.74) is 1.58. The molecule has 1 fully saturated rings. The molecule has 182 valence electrons. The average Bonchev–Trinajstić information content (AvgIpc) is 3.20. The molecule has 1 aliphatic rings. The molecular weight excluding hydrogens is 496 g/mol. The fraction of sp³-hybridized carbons (Fsp3) is 0.364. The van der Waals surface area contributed by atoms with Gasteiger partial charge in [0.1, 0.15) is 0 Å². The first-order chi connectivity index (χ1) is 16.0. The number of carbonyl (C=O) groups is 1. The number of aromatic nitrogens is 1. The largest absolute Gasteiger partial charge is 0.302 e. The molecule has 2 heterocycles. The van der Waals surface area contributed by atoms with Gasteiger partial charge in [-0.25, -0.2) is 26.1 Å². The van der Waals surface area contributed by atoms with Crippen LogP contribution in [0.3, 0.4) is 0 Å². The van der Waals surface area contributed by atoms with E-state index in [0.29, 0.717) is 28.2 Å². The van der Waals surface area contributed by atoms with Gasteiger partial charge in [-0.3, -0.25) is 4.79 Å². The van der Waals surface area contributed by atoms with Gasteiger partial charge in [-0.2, -0.15) is 4.31 Å². The van der Waals surface area contributed by atoms with Gasteiger partial charge in [0.25, 0.3) is 0 Å². The van der Waals surface area contributed by atoms with E-state index in [2.05, 4.69) is 10.3 Å². The highest BCUT2D eigenvalue weighted by Gasteiger charge is 2.32. The molecule has 0 aliphatic carbocycles. The number of rotatable bonds is 6. The van der Waals surface area contributed by atoms with Crippen molar-refractivity contribution in [1.82, 2.24) is 13.6 Å². The van der Waals surface area contributed by atoms with Crippen LogP contribution >= 0.6 is 11.3 Å². The summed E-state index contributed by atoms with van der Waals surface area (Å²) in [5, 5.41) is 3.20. The zero-order valence-corrected chi connectivity index (χ0v) is 21.5. The summed E-state index contributed by atoms with van der Waals surface area (Å²) in [6.45, 7) is 2.43. The van der Waals surface area contributed by atoms with Crippen molar-refractivity contribution < 1.29 is 21.6 Å². The number of thiazole rings is 1. The van der Waals surface area contributed by atoms with E-state index < -0.39 is 20.0 Å². The molecule has 0 saturated carbocycles. The zero-order valence-electron chi connectivity index (χ0n) is 19.1. The van der Waals surface area contributed by atoms with Crippen molar-refractivity contribution >= 4 is 52.6 Å². The lowest BCUT2D eigenvalue weighted by Gasteiger charge is -2.30. The number of hydrogen-bond donors (Lipinski definition) is 1. The number of nitrogens with one attached hydrogen (secondary N) is 1. The van der Waals surface area contributed by atoms with Crippen LogP contribution in [0.2, 0.25) is 0 Å². The first-order valence-electron chi connectivity index (χ1n) is 10.7. The van der Waals surface area contributed by atoms with Gasteiger partial charge in [-0.1, -0.05) is 29.0 Å². The Morgan fingerprint density at radius 3 is 2.26 bits per heavy atom. The number of anilines is 1. The van der Waals surface area contributed by atoms with Crippen LogP contribution in [0.1, 0.15) is 18.4 Å². The third kappa shape index (κ3) is 4.86. The second-order valence-corrected chi connectivity index (χ2v) is 13.5. The SMILES string of the molecule is Cc1ccc(S(=O)(=O)N2CCC(C(=O)Nc3nc4ccc(S(=O)(=O)N(C)C)cc4s3)CC2)cc1. The number of sulfonamides is 2. The third-order valence-corrected chi connectivity index (χ3v) is 10.5. The third-order valence-electron chi connectivity index (χ3n) is 5.85. The topological polar surface area (TPSA) is 117 Å². The molecule has 0 atom stereocenters. The lowest BCUT2D eigenvalue weighted by molar-refractivity contribution is -0.120. The van der Waals surface area contributed by atoms with Gasteiger partial charge >= 0.3 is 0 Å². The number of hydrogen-bond acceptors (Lipinski definition) is 7. The molecule has 1 saturated heterocycles. The van der Waals surface area contributed by atoms with E-state index >= 15 is 0 Å². The van der Waals surface area contributed by atoms with Crippen LogP contribution in [0, 0.1) is 12.8 Å². The molecule has 0 bridgehead atoms. The summed E-state index contributed by atoms with van der Waals surface area (Å²) in [7, 11) is -4.22. The summed E-state index contributed by atoms with van der Waals surface area (Å²) >= 11 is 1.20. The smallest absolute Gasteiger partial charge is 0.243 e. The Bertz CT molecular complexity index is 1420. The maximum atomic E-state index is 12.9. The first-order valence-corrected chi connectivity index (χ1v) is 14.4. The van der Waals surface area contributed by atoms with Crippen LogP contribution in [-0.2, 0) is 24.8 Å². The fourth-order valence-corrected chi connectivity index (χ4v) is 7.14. The lowest BCUT2D eigenvalue weighted by atomic mass is 9.97. The molecule has 1 N–H and O–H groups in total. The van der Waals surface area contributed by atoms with Crippen LogP contribution < -0.4 is 5.32 Å². The Hall–Kier alpha value is -2.38. The van der Waals surface area contributed by atoms with Crippen LogP contribution in [0.25, 0.3) is 10.2 Å². The summed E-state index contributed by atoms with van der Waals surface area (Å²) < 4.78 is 53.7. The molecule has 34 heavy (non-hydrogen) atoms. The second kappa shape index (κ2) is 9.34. The zero-order chi connectivity index (χ0) is 24.7. The molecule has 9 nitrogen and oxygen atoms in total. The van der Waals surface area contributed by atoms with Crippen LogP contribution in [0.4, 0.5) is 5.13 Å². The molecule has 2 aromatic carbocycles. The highest BCUT2D eigenvalue weighted by molar-refractivity contribution is 7.89. The van der Waals surface area contributed by atoms with Gasteiger partial charge in [0.05, 0.1) is 20.0 Å². The van der Waals surface area contributed by atoms with Crippen molar-refractivity contribution in [2.45, 2.75) is 29.6 Å². The molecular formula is C22H26N4O5S3. The van der Waals surface area contributed by atoms with E-state index in [1.54, 1.807) is 36.4 Å². The molecule has 4 rings (SSSR count). The van der Waals surface area contributed by atoms with Gasteiger partial charge in [0.2, 0.25) is 26.0 Å². The van der Waals surface area contributed by atoms with Crippen LogP contribution in [0.5, 0.6) is 0 Å². The van der Waals surface area contributed by atoms with Crippen molar-refractivity contribution in [1.29, 1.82) is 0 Å². The minimum atomic E-state index is -3.59. The number of nitrogens with zero attached hydrogens (tertiary/aromatic N) is 3. The second-order valence-electron chi connectivity index (χ2n) is 8.42. The van der Waals surface area contributed by atoms with Gasteiger partial charge in [0.15, 0.2) is 5.13 Å². The number of carbonyl (C=O) groups excluding carboxylic acids is 1. The van der Waals surface area contributed by atoms with E-state index in [1.807, 2.05) is 6.92 Å². The fourth-order valence-electron chi connectivity index (χ4n) is 3.75. The number of piperidine rings is 1. The van der Waals surface area contributed by atoms with Gasteiger partial charge < -0.3 is 5.32 Å². The summed E-state index contributed by atoms with van der Waals surface area (Å²) in [6, 6.07) is 11.4. The highest BCUT2D eigenvalue weighted by atomic mass is 32.2. The summed E-state index contributed by atoms with van der Waals surface area (Å²) in [5.74, 6) is -0.547. The highest BCUT2D eigenvalue weighted by Crippen LogP contribution is 2.30. The van der Waals surface area contributed by atoms with E-state index in [0.717, 1.165) is 9.87 Å². The van der Waals surface area contributed by atoms with Crippen molar-refractivity contribution in [2.75, 3.05) is 32.5 Å². The molecule has 0 spiro atoms. The molecule has 3 aromatic rings. The van der Waals surface area contributed by atoms with Crippen molar-refractivity contribution in [3.63, 3.8) is 0 Å². The first kappa shape index (κ1) is 24.7. The van der Waals surface area contributed by atoms with E-state index in [1.165, 1.54) is 35.8 Å². The standard InChI is InChI=1S/C22H26N4O5S3/c1-15-4-6-17(7-5-15)34(30,31)26-12-10-16(11-13-26)21(27)24-22-23-19-9-8-18(14-20(19)32-22)33(28,29)25(2)3/h4-9,14,16H,10-13H2,1-3H3,(H,23,24,27). The number of amides is 1. The summed E-state index contributed by atoms with van der Waals surface area (Å²) in [6.07, 6.45) is 0.820. The molecule has 1 amide bonds. The van der Waals surface area contributed by atoms with Gasteiger partial charge in [-0.15, -0.1) is 0 Å². The monoisotopic (exact) mass is 522 g/mol. The van der Waals surface area contributed by atoms with E-state index in [-0.39, 0.29) is 34.7 Å². The Kier molecular flexibility index (Phi) is 6.80. The maximum Gasteiger partial charge on any atom is 0.243 e. The van der Waals surface area contributed by atoms with Crippen molar-refractivity contribution in [3.05, 3.63) is 48.0 Å². The Labute approximate surface area is 203 Å². The molecule has 12 heteroatoms. The average molecular weight is 523 g/mol. The minimum Gasteiger partial charge on any atom is -0.302 e. The predicted octanol–water partition coefficient (Wildman–Crippen LogP) is 2.89. The predicted molar refractivity (Wildman–Crippen MR) is 132 cm³/mol. The quantitative estimate of drug-likeness (QED) is 0.532. The lowest BCUT2D eigenvalue weighted by Crippen LogP contribution is -2.41. The maximum absolute atomic E-state index is 12.9. The van der Waals surface area contributed by atoms with Crippen LogP contribution in [-0.4, -0.2) is 63.5 Å².